The molecule has 4 rings (SSSR count). The van der Waals surface area contributed by atoms with Crippen molar-refractivity contribution in [2.75, 3.05) is 32.6 Å². The number of methoxy groups -OCH3 is 1. The summed E-state index contributed by atoms with van der Waals surface area (Å²) >= 11 is 0. The summed E-state index contributed by atoms with van der Waals surface area (Å²) in [6, 6.07) is 12.7. The van der Waals surface area contributed by atoms with Crippen LogP contribution in [0.1, 0.15) is 22.9 Å². The molecule has 2 atom stereocenters. The van der Waals surface area contributed by atoms with Crippen molar-refractivity contribution in [2.45, 2.75) is 29.2 Å². The van der Waals surface area contributed by atoms with Gasteiger partial charge < -0.3 is 20.7 Å². The number of benzene rings is 2. The zero-order chi connectivity index (χ0) is 23.6. The number of likely N-dealkylation sites (tertiary alicyclic amines) is 1. The van der Waals surface area contributed by atoms with E-state index in [-0.39, 0.29) is 10.9 Å². The van der Waals surface area contributed by atoms with Gasteiger partial charge in [0.1, 0.15) is 11.0 Å². The quantitative estimate of drug-likeness (QED) is 0.490. The van der Waals surface area contributed by atoms with Crippen LogP contribution in [0.4, 0.5) is 5.69 Å². The number of pyridine rings is 1. The number of aromatic nitrogens is 1. The third-order valence-corrected chi connectivity index (χ3v) is 8.18. The second-order valence-corrected chi connectivity index (χ2v) is 10.5. The minimum absolute atomic E-state index is 0.218. The van der Waals surface area contributed by atoms with Gasteiger partial charge in [-0.2, -0.15) is 0 Å². The van der Waals surface area contributed by atoms with Gasteiger partial charge in [-0.05, 0) is 61.3 Å². The predicted octanol–water partition coefficient (Wildman–Crippen LogP) is 3.52. The molecular weight excluding hydrogens is 436 g/mol. The van der Waals surface area contributed by atoms with E-state index in [2.05, 4.69) is 28.8 Å². The third kappa shape index (κ3) is 4.73. The summed E-state index contributed by atoms with van der Waals surface area (Å²) in [4.78, 5) is 6.91. The molecule has 1 aliphatic rings. The van der Waals surface area contributed by atoms with Gasteiger partial charge in [0, 0.05) is 36.4 Å². The van der Waals surface area contributed by atoms with Crippen molar-refractivity contribution in [2.24, 2.45) is 5.73 Å². The highest BCUT2D eigenvalue weighted by molar-refractivity contribution is 7.91. The topological polar surface area (TPSA) is 97.5 Å². The lowest BCUT2D eigenvalue weighted by molar-refractivity contribution is 0.414. The fourth-order valence-electron chi connectivity index (χ4n) is 4.29. The Hall–Kier alpha value is -2.94. The van der Waals surface area contributed by atoms with Crippen LogP contribution in [0, 0.1) is 0 Å². The largest absolute Gasteiger partial charge is 0.497 e. The standard InChI is InChI=1S/C25H30N4O3S/c1-4-25(24-12-17-5-7-21(32-3)11-19(17)15-27-24)33(30,31)22-8-6-18(14-26)23(13-22)28-20-9-10-29(2)16-20/h4-8,11-13,15,20,25,28H,1,9-10,14,16,26H2,2-3H3. The highest BCUT2D eigenvalue weighted by Crippen LogP contribution is 2.33. The second-order valence-electron chi connectivity index (χ2n) is 8.44. The Morgan fingerprint density at radius 3 is 2.76 bits per heavy atom. The molecule has 1 saturated heterocycles. The molecule has 3 N–H and O–H groups in total. The van der Waals surface area contributed by atoms with Crippen molar-refractivity contribution in [3.05, 3.63) is 72.6 Å². The highest BCUT2D eigenvalue weighted by atomic mass is 32.2. The molecule has 0 radical (unpaired) electrons. The van der Waals surface area contributed by atoms with Crippen molar-refractivity contribution in [1.82, 2.24) is 9.88 Å². The molecule has 174 valence electrons. The van der Waals surface area contributed by atoms with Crippen molar-refractivity contribution in [1.29, 1.82) is 0 Å². The first-order valence-corrected chi connectivity index (χ1v) is 12.5. The molecule has 0 spiro atoms. The first-order valence-electron chi connectivity index (χ1n) is 10.9. The van der Waals surface area contributed by atoms with Crippen LogP contribution < -0.4 is 15.8 Å². The number of rotatable bonds is 8. The Morgan fingerprint density at radius 2 is 2.09 bits per heavy atom. The Labute approximate surface area is 195 Å². The molecule has 0 bridgehead atoms. The summed E-state index contributed by atoms with van der Waals surface area (Å²) in [6.45, 7) is 6.04. The van der Waals surface area contributed by atoms with Gasteiger partial charge in [0.25, 0.3) is 0 Å². The van der Waals surface area contributed by atoms with Crippen LogP contribution in [0.5, 0.6) is 5.75 Å². The van der Waals surface area contributed by atoms with Crippen LogP contribution in [0.3, 0.4) is 0 Å². The van der Waals surface area contributed by atoms with E-state index in [9.17, 15) is 8.42 Å². The summed E-state index contributed by atoms with van der Waals surface area (Å²) < 4.78 is 32.5. The van der Waals surface area contributed by atoms with Crippen LogP contribution in [0.2, 0.25) is 0 Å². The van der Waals surface area contributed by atoms with Gasteiger partial charge in [-0.15, -0.1) is 6.58 Å². The van der Waals surface area contributed by atoms with E-state index < -0.39 is 15.1 Å². The van der Waals surface area contributed by atoms with E-state index in [1.54, 1.807) is 37.6 Å². The van der Waals surface area contributed by atoms with E-state index in [1.807, 2.05) is 18.2 Å². The molecule has 2 aromatic carbocycles. The smallest absolute Gasteiger partial charge is 0.190 e. The molecule has 33 heavy (non-hydrogen) atoms. The summed E-state index contributed by atoms with van der Waals surface area (Å²) in [5.41, 5.74) is 8.00. The SMILES string of the molecule is C=CC(c1cc2ccc(OC)cc2cn1)S(=O)(=O)c1ccc(CN)c(NC2CCN(C)C2)c1. The maximum absolute atomic E-state index is 13.6. The summed E-state index contributed by atoms with van der Waals surface area (Å²) in [6.07, 6.45) is 4.10. The molecule has 2 unspecified atom stereocenters. The average molecular weight is 467 g/mol. The molecule has 0 amide bonds. The number of sulfone groups is 1. The normalized spacial score (nSPS) is 17.7. The monoisotopic (exact) mass is 466 g/mol. The molecular formula is C25H30N4O3S. The van der Waals surface area contributed by atoms with Crippen LogP contribution in [-0.4, -0.2) is 51.6 Å². The molecule has 2 heterocycles. The van der Waals surface area contributed by atoms with E-state index in [0.717, 1.165) is 47.3 Å². The molecule has 7 nitrogen and oxygen atoms in total. The summed E-state index contributed by atoms with van der Waals surface area (Å²) in [5, 5.41) is 4.28. The first-order chi connectivity index (χ1) is 15.8. The van der Waals surface area contributed by atoms with E-state index in [0.29, 0.717) is 12.2 Å². The lowest BCUT2D eigenvalue weighted by Crippen LogP contribution is -2.24. The molecule has 0 saturated carbocycles. The van der Waals surface area contributed by atoms with Crippen LogP contribution in [0.15, 0.2) is 66.2 Å². The maximum atomic E-state index is 13.6. The van der Waals surface area contributed by atoms with Gasteiger partial charge in [0.15, 0.2) is 9.84 Å². The van der Waals surface area contributed by atoms with E-state index >= 15 is 0 Å². The minimum Gasteiger partial charge on any atom is -0.497 e. The molecule has 1 fully saturated rings. The minimum atomic E-state index is -3.77. The number of nitrogens with zero attached hydrogens (tertiary/aromatic N) is 2. The van der Waals surface area contributed by atoms with Crippen molar-refractivity contribution in [3.63, 3.8) is 0 Å². The molecule has 0 aliphatic carbocycles. The van der Waals surface area contributed by atoms with Gasteiger partial charge >= 0.3 is 0 Å². The fourth-order valence-corrected chi connectivity index (χ4v) is 5.82. The zero-order valence-corrected chi connectivity index (χ0v) is 19.8. The Bertz CT molecular complexity index is 1280. The molecule has 3 aromatic rings. The first kappa shape index (κ1) is 23.2. The number of hydrogen-bond acceptors (Lipinski definition) is 7. The van der Waals surface area contributed by atoms with Gasteiger partial charge in [-0.1, -0.05) is 18.2 Å². The molecule has 1 aromatic heterocycles. The lowest BCUT2D eigenvalue weighted by Gasteiger charge is -2.20. The maximum Gasteiger partial charge on any atom is 0.190 e. The number of fused-ring (bicyclic) bond motifs is 1. The van der Waals surface area contributed by atoms with Gasteiger partial charge in [-0.25, -0.2) is 8.42 Å². The third-order valence-electron chi connectivity index (χ3n) is 6.17. The number of nitrogens with two attached hydrogens (primary N) is 1. The molecule has 1 aliphatic heterocycles. The van der Waals surface area contributed by atoms with E-state index in [1.165, 1.54) is 6.08 Å². The number of likely N-dealkylation sites (N-methyl/N-ethyl adjacent to an activating group) is 1. The lowest BCUT2D eigenvalue weighted by atomic mass is 10.1. The highest BCUT2D eigenvalue weighted by Gasteiger charge is 2.29. The van der Waals surface area contributed by atoms with Gasteiger partial charge in [-0.3, -0.25) is 4.98 Å². The average Bonchev–Trinajstić information content (AvgIpc) is 3.23. The van der Waals surface area contributed by atoms with Crippen LogP contribution in [-0.2, 0) is 16.4 Å². The van der Waals surface area contributed by atoms with Crippen molar-refractivity contribution in [3.8, 4) is 5.75 Å². The summed E-state index contributed by atoms with van der Waals surface area (Å²) in [5.74, 6) is 0.721. The summed E-state index contributed by atoms with van der Waals surface area (Å²) in [7, 11) is -0.0924. The van der Waals surface area contributed by atoms with Crippen LogP contribution in [0.25, 0.3) is 10.8 Å². The Kier molecular flexibility index (Phi) is 6.69. The number of ether oxygens (including phenoxy) is 1. The van der Waals surface area contributed by atoms with Crippen molar-refractivity contribution >= 4 is 26.3 Å². The van der Waals surface area contributed by atoms with E-state index in [4.69, 9.17) is 10.5 Å². The zero-order valence-electron chi connectivity index (χ0n) is 19.0. The Balaban J connectivity index is 1.69. The molecule has 8 heteroatoms. The van der Waals surface area contributed by atoms with Gasteiger partial charge in [0.05, 0.1) is 17.7 Å². The predicted molar refractivity (Wildman–Crippen MR) is 132 cm³/mol. The van der Waals surface area contributed by atoms with Crippen LogP contribution >= 0.6 is 0 Å². The number of anilines is 1. The second kappa shape index (κ2) is 9.51. The van der Waals surface area contributed by atoms with Gasteiger partial charge in [0.2, 0.25) is 0 Å². The number of hydrogen-bond donors (Lipinski definition) is 2. The fraction of sp³-hybridized carbons (Fsp3) is 0.320. The number of nitrogens with one attached hydrogen (secondary N) is 1. The van der Waals surface area contributed by atoms with Crippen molar-refractivity contribution < 1.29 is 13.2 Å². The Morgan fingerprint density at radius 1 is 1.27 bits per heavy atom.